The predicted octanol–water partition coefficient (Wildman–Crippen LogP) is 4.72. The third-order valence-corrected chi connectivity index (χ3v) is 8.35. The van der Waals surface area contributed by atoms with Gasteiger partial charge in [-0.05, 0) is 85.5 Å². The Labute approximate surface area is 191 Å². The topological polar surface area (TPSA) is 51.2 Å². The molecule has 0 amide bonds. The molecule has 0 radical (unpaired) electrons. The van der Waals surface area contributed by atoms with Crippen molar-refractivity contribution in [2.45, 2.75) is 56.4 Å². The smallest absolute Gasteiger partial charge is 0.203 e. The second-order valence-corrected chi connectivity index (χ2v) is 9.69. The molecule has 1 saturated heterocycles. The third-order valence-electron chi connectivity index (χ3n) is 8.35. The first kappa shape index (κ1) is 21.4. The Kier molecular flexibility index (Phi) is 5.70. The van der Waals surface area contributed by atoms with Crippen LogP contribution >= 0.6 is 0 Å². The quantitative estimate of drug-likeness (QED) is 0.709. The highest BCUT2D eigenvalue weighted by molar-refractivity contribution is 5.54. The van der Waals surface area contributed by atoms with Gasteiger partial charge in [-0.25, -0.2) is 0 Å². The van der Waals surface area contributed by atoms with Crippen molar-refractivity contribution < 1.29 is 19.3 Å². The minimum Gasteiger partial charge on any atom is -0.508 e. The largest absolute Gasteiger partial charge is 0.508 e. The fourth-order valence-electron chi connectivity index (χ4n) is 6.90. The minimum absolute atomic E-state index is 0.262. The Balaban J connectivity index is 1.40. The number of phenolic OH excluding ortho intramolecular Hbond substituents is 1. The summed E-state index contributed by atoms with van der Waals surface area (Å²) in [7, 11) is 4.99. The average Bonchev–Trinajstić information content (AvgIpc) is 2.83. The van der Waals surface area contributed by atoms with Crippen molar-refractivity contribution in [3.8, 4) is 23.0 Å². The van der Waals surface area contributed by atoms with Gasteiger partial charge < -0.3 is 19.3 Å². The van der Waals surface area contributed by atoms with Gasteiger partial charge in [-0.1, -0.05) is 18.9 Å². The Morgan fingerprint density at radius 2 is 1.78 bits per heavy atom. The van der Waals surface area contributed by atoms with Crippen LogP contribution in [0.1, 0.15) is 48.8 Å². The van der Waals surface area contributed by atoms with Crippen LogP contribution in [0.5, 0.6) is 23.0 Å². The summed E-state index contributed by atoms with van der Waals surface area (Å²) in [5, 5.41) is 10.2. The molecule has 2 fully saturated rings. The maximum absolute atomic E-state index is 10.2. The van der Waals surface area contributed by atoms with Crippen molar-refractivity contribution in [1.29, 1.82) is 0 Å². The number of fused-ring (bicyclic) bond motifs is 1. The standard InChI is InChI=1S/C27H35NO4/c1-30-24-14-18(15-25(31-2)26(24)32-3)9-12-28-13-11-27-10-5-4-6-21(27)23(28)16-19-7-8-20(29)17-22(19)27/h7-8,14-15,17,21,23,29H,4-6,9-13,16H2,1-3H3/t21-,23-,27+/m0/s1. The van der Waals surface area contributed by atoms with E-state index in [-0.39, 0.29) is 5.41 Å². The molecule has 5 heteroatoms. The number of likely N-dealkylation sites (tertiary alicyclic amines) is 1. The number of ether oxygens (including phenoxy) is 3. The number of benzene rings is 2. The molecule has 0 aromatic heterocycles. The fourth-order valence-corrected chi connectivity index (χ4v) is 6.90. The molecule has 5 rings (SSSR count). The van der Waals surface area contributed by atoms with Gasteiger partial charge in [0.2, 0.25) is 5.75 Å². The van der Waals surface area contributed by atoms with E-state index < -0.39 is 0 Å². The first-order chi connectivity index (χ1) is 15.6. The highest BCUT2D eigenvalue weighted by atomic mass is 16.5. The molecular formula is C27H35NO4. The minimum atomic E-state index is 0.262. The molecule has 1 saturated carbocycles. The summed E-state index contributed by atoms with van der Waals surface area (Å²) in [4.78, 5) is 2.73. The lowest BCUT2D eigenvalue weighted by Crippen LogP contribution is -2.61. The second kappa shape index (κ2) is 8.51. The van der Waals surface area contributed by atoms with Crippen molar-refractivity contribution in [2.24, 2.45) is 5.92 Å². The normalized spacial score (nSPS) is 26.7. The van der Waals surface area contributed by atoms with E-state index in [0.29, 0.717) is 23.5 Å². The number of phenols is 1. The van der Waals surface area contributed by atoms with Gasteiger partial charge in [0.1, 0.15) is 5.75 Å². The summed E-state index contributed by atoms with van der Waals surface area (Å²) in [6.07, 6.45) is 8.46. The van der Waals surface area contributed by atoms with Gasteiger partial charge >= 0.3 is 0 Å². The Bertz CT molecular complexity index is 965. The molecule has 3 atom stereocenters. The molecule has 1 aliphatic heterocycles. The van der Waals surface area contributed by atoms with Crippen LogP contribution < -0.4 is 14.2 Å². The van der Waals surface area contributed by atoms with Gasteiger partial charge in [-0.3, -0.25) is 4.90 Å². The van der Waals surface area contributed by atoms with Gasteiger partial charge in [-0.15, -0.1) is 0 Å². The van der Waals surface area contributed by atoms with E-state index in [0.717, 1.165) is 37.4 Å². The van der Waals surface area contributed by atoms with Gasteiger partial charge in [0.05, 0.1) is 21.3 Å². The highest BCUT2D eigenvalue weighted by Gasteiger charge is 2.53. The summed E-state index contributed by atoms with van der Waals surface area (Å²) in [5.41, 5.74) is 4.37. The van der Waals surface area contributed by atoms with E-state index in [9.17, 15) is 5.11 Å². The van der Waals surface area contributed by atoms with Crippen LogP contribution in [-0.4, -0.2) is 50.5 Å². The van der Waals surface area contributed by atoms with Crippen LogP contribution in [0.2, 0.25) is 0 Å². The number of methoxy groups -OCH3 is 3. The van der Waals surface area contributed by atoms with E-state index in [4.69, 9.17) is 14.2 Å². The summed E-state index contributed by atoms with van der Waals surface area (Å²) < 4.78 is 16.6. The number of piperidine rings is 1. The van der Waals surface area contributed by atoms with Crippen LogP contribution in [0, 0.1) is 5.92 Å². The molecule has 1 N–H and O–H groups in total. The summed E-state index contributed by atoms with van der Waals surface area (Å²) in [6.45, 7) is 2.16. The summed E-state index contributed by atoms with van der Waals surface area (Å²) in [6, 6.07) is 10.9. The molecule has 3 aliphatic rings. The van der Waals surface area contributed by atoms with Crippen LogP contribution in [0.25, 0.3) is 0 Å². The molecule has 0 unspecified atom stereocenters. The Morgan fingerprint density at radius 3 is 2.50 bits per heavy atom. The number of aromatic hydroxyl groups is 1. The van der Waals surface area contributed by atoms with Gasteiger partial charge in [-0.2, -0.15) is 0 Å². The van der Waals surface area contributed by atoms with Crippen molar-refractivity contribution in [1.82, 2.24) is 4.90 Å². The van der Waals surface area contributed by atoms with Crippen molar-refractivity contribution in [2.75, 3.05) is 34.4 Å². The SMILES string of the molecule is COc1cc(CCN2CC[C@]34CCCC[C@H]3[C@@H]2Cc2ccc(O)cc24)cc(OC)c1OC. The molecule has 2 aliphatic carbocycles. The van der Waals surface area contributed by atoms with E-state index in [1.807, 2.05) is 6.07 Å². The van der Waals surface area contributed by atoms with E-state index >= 15 is 0 Å². The number of rotatable bonds is 6. The number of nitrogens with zero attached hydrogens (tertiary/aromatic N) is 1. The maximum Gasteiger partial charge on any atom is 0.203 e. The van der Waals surface area contributed by atoms with E-state index in [2.05, 4.69) is 29.2 Å². The number of hydrogen-bond donors (Lipinski definition) is 1. The Hall–Kier alpha value is -2.40. The maximum atomic E-state index is 10.2. The zero-order valence-electron chi connectivity index (χ0n) is 19.5. The second-order valence-electron chi connectivity index (χ2n) is 9.69. The first-order valence-corrected chi connectivity index (χ1v) is 11.9. The molecule has 5 nitrogen and oxygen atoms in total. The van der Waals surface area contributed by atoms with Crippen LogP contribution in [0.15, 0.2) is 30.3 Å². The zero-order chi connectivity index (χ0) is 22.3. The average molecular weight is 438 g/mol. The molecule has 32 heavy (non-hydrogen) atoms. The lowest BCUT2D eigenvalue weighted by molar-refractivity contribution is -0.0107. The molecular weight excluding hydrogens is 402 g/mol. The molecule has 2 bridgehead atoms. The van der Waals surface area contributed by atoms with Gasteiger partial charge in [0.15, 0.2) is 11.5 Å². The third kappa shape index (κ3) is 3.42. The van der Waals surface area contributed by atoms with Crippen molar-refractivity contribution in [3.05, 3.63) is 47.0 Å². The molecule has 1 heterocycles. The summed E-state index contributed by atoms with van der Waals surface area (Å²) in [5.74, 6) is 3.21. The van der Waals surface area contributed by atoms with Crippen LogP contribution in [0.3, 0.4) is 0 Å². The van der Waals surface area contributed by atoms with E-state index in [1.165, 1.54) is 48.8 Å². The summed E-state index contributed by atoms with van der Waals surface area (Å²) >= 11 is 0. The van der Waals surface area contributed by atoms with Crippen molar-refractivity contribution in [3.63, 3.8) is 0 Å². The van der Waals surface area contributed by atoms with Crippen molar-refractivity contribution >= 4 is 0 Å². The van der Waals surface area contributed by atoms with Crippen LogP contribution in [0.4, 0.5) is 0 Å². The molecule has 172 valence electrons. The first-order valence-electron chi connectivity index (χ1n) is 11.9. The highest BCUT2D eigenvalue weighted by Crippen LogP contribution is 2.56. The van der Waals surface area contributed by atoms with Gasteiger partial charge in [0, 0.05) is 18.0 Å². The molecule has 2 aromatic rings. The van der Waals surface area contributed by atoms with E-state index in [1.54, 1.807) is 21.3 Å². The molecule has 2 aromatic carbocycles. The van der Waals surface area contributed by atoms with Gasteiger partial charge in [0.25, 0.3) is 0 Å². The lowest BCUT2D eigenvalue weighted by atomic mass is 9.52. The monoisotopic (exact) mass is 437 g/mol. The van der Waals surface area contributed by atoms with Crippen LogP contribution in [-0.2, 0) is 18.3 Å². The fraction of sp³-hybridized carbons (Fsp3) is 0.556. The zero-order valence-corrected chi connectivity index (χ0v) is 19.5. The predicted molar refractivity (Wildman–Crippen MR) is 125 cm³/mol. The molecule has 0 spiro atoms. The Morgan fingerprint density at radius 1 is 1.00 bits per heavy atom. The number of hydrogen-bond acceptors (Lipinski definition) is 5. The lowest BCUT2D eigenvalue weighted by Gasteiger charge is -2.59.